The molecule has 1 saturated heterocycles. The number of hydrogen-bond acceptors (Lipinski definition) is 6. The van der Waals surface area contributed by atoms with Gasteiger partial charge in [0, 0.05) is 67.2 Å². The Bertz CT molecular complexity index is 1020. The molecule has 1 aliphatic heterocycles. The minimum atomic E-state index is -0.0681. The molecule has 2 aliphatic rings. The minimum absolute atomic E-state index is 0.0681. The highest BCUT2D eigenvalue weighted by molar-refractivity contribution is 5.89. The lowest BCUT2D eigenvalue weighted by Gasteiger charge is -2.39. The Labute approximate surface area is 181 Å². The number of piperazine rings is 1. The standard InChI is InChI=1S/C23H31N5O3/c29-11-12-31-22-14-21-16(13-20(22)19-5-6-25-23(19)30)15-28(26-21)18-3-1-17(2-4-18)27-9-7-24-8-10-27/h5-6,13-15,17-18,24-25,29-30H,1-4,7-12H2. The van der Waals surface area contributed by atoms with Crippen LogP contribution in [0.15, 0.2) is 30.6 Å². The second kappa shape index (κ2) is 8.90. The quantitative estimate of drug-likeness (QED) is 0.484. The Morgan fingerprint density at radius 2 is 1.84 bits per heavy atom. The summed E-state index contributed by atoms with van der Waals surface area (Å²) in [5.41, 5.74) is 2.34. The predicted molar refractivity (Wildman–Crippen MR) is 120 cm³/mol. The van der Waals surface area contributed by atoms with Gasteiger partial charge >= 0.3 is 0 Å². The van der Waals surface area contributed by atoms with Crippen LogP contribution >= 0.6 is 0 Å². The Hall–Kier alpha value is -2.55. The number of fused-ring (bicyclic) bond motifs is 1. The van der Waals surface area contributed by atoms with Gasteiger partial charge in [0.1, 0.15) is 12.4 Å². The molecule has 4 N–H and O–H groups in total. The lowest BCUT2D eigenvalue weighted by molar-refractivity contribution is 0.121. The number of rotatable bonds is 6. The summed E-state index contributed by atoms with van der Waals surface area (Å²) in [6, 6.07) is 6.86. The van der Waals surface area contributed by atoms with Crippen LogP contribution in [0.1, 0.15) is 31.7 Å². The van der Waals surface area contributed by atoms with E-state index in [9.17, 15) is 10.2 Å². The zero-order valence-electron chi connectivity index (χ0n) is 17.8. The third-order valence-electron chi connectivity index (χ3n) is 6.70. The van der Waals surface area contributed by atoms with Crippen LogP contribution in [0.5, 0.6) is 11.6 Å². The van der Waals surface area contributed by atoms with E-state index in [0.717, 1.165) is 55.5 Å². The molecule has 0 radical (unpaired) electrons. The number of benzene rings is 1. The monoisotopic (exact) mass is 425 g/mol. The van der Waals surface area contributed by atoms with Crippen LogP contribution in [-0.4, -0.2) is 75.3 Å². The molecule has 1 aromatic carbocycles. The number of hydrogen-bond donors (Lipinski definition) is 4. The molecule has 3 heterocycles. The maximum Gasteiger partial charge on any atom is 0.196 e. The molecule has 8 nitrogen and oxygen atoms in total. The molecule has 166 valence electrons. The van der Waals surface area contributed by atoms with Gasteiger partial charge < -0.3 is 25.3 Å². The highest BCUT2D eigenvalue weighted by Crippen LogP contribution is 2.39. The SMILES string of the molecule is OCCOc1cc2nn(C3CCC(N4CCNCC4)CC3)cc2cc1-c1cc[nH]c1O. The van der Waals surface area contributed by atoms with Crippen LogP contribution in [0, 0.1) is 0 Å². The number of aliphatic hydroxyl groups excluding tert-OH is 1. The van der Waals surface area contributed by atoms with Crippen molar-refractivity contribution in [3.05, 3.63) is 30.6 Å². The molecule has 31 heavy (non-hydrogen) atoms. The van der Waals surface area contributed by atoms with Gasteiger partial charge in [0.25, 0.3) is 0 Å². The molecule has 1 saturated carbocycles. The molecular weight excluding hydrogens is 394 g/mol. The maximum absolute atomic E-state index is 10.2. The van der Waals surface area contributed by atoms with Crippen molar-refractivity contribution in [1.82, 2.24) is 25.0 Å². The van der Waals surface area contributed by atoms with E-state index in [1.54, 1.807) is 6.20 Å². The van der Waals surface area contributed by atoms with Gasteiger partial charge in [-0.25, -0.2) is 0 Å². The summed E-state index contributed by atoms with van der Waals surface area (Å²) < 4.78 is 7.89. The van der Waals surface area contributed by atoms with Crippen LogP contribution in [0.3, 0.4) is 0 Å². The smallest absolute Gasteiger partial charge is 0.196 e. The van der Waals surface area contributed by atoms with Gasteiger partial charge in [-0.3, -0.25) is 9.58 Å². The molecular formula is C23H31N5O3. The summed E-state index contributed by atoms with van der Waals surface area (Å²) in [6.45, 7) is 4.65. The fourth-order valence-corrected chi connectivity index (χ4v) is 5.06. The summed E-state index contributed by atoms with van der Waals surface area (Å²) in [4.78, 5) is 5.45. The normalized spacial score (nSPS) is 22.7. The van der Waals surface area contributed by atoms with Crippen molar-refractivity contribution in [2.75, 3.05) is 39.4 Å². The first kappa shape index (κ1) is 20.4. The summed E-state index contributed by atoms with van der Waals surface area (Å²) in [7, 11) is 0. The molecule has 2 aromatic heterocycles. The number of aromatic nitrogens is 3. The van der Waals surface area contributed by atoms with Crippen molar-refractivity contribution in [2.45, 2.75) is 37.8 Å². The van der Waals surface area contributed by atoms with Crippen molar-refractivity contribution in [3.8, 4) is 22.8 Å². The zero-order chi connectivity index (χ0) is 21.2. The van der Waals surface area contributed by atoms with E-state index in [-0.39, 0.29) is 19.1 Å². The van der Waals surface area contributed by atoms with Crippen LogP contribution in [0.2, 0.25) is 0 Å². The van der Waals surface area contributed by atoms with E-state index in [1.165, 1.54) is 12.8 Å². The van der Waals surface area contributed by atoms with Gasteiger partial charge in [-0.15, -0.1) is 0 Å². The molecule has 1 aliphatic carbocycles. The second-order valence-electron chi connectivity index (χ2n) is 8.58. The van der Waals surface area contributed by atoms with E-state index >= 15 is 0 Å². The van der Waals surface area contributed by atoms with E-state index in [1.807, 2.05) is 18.2 Å². The third-order valence-corrected chi connectivity index (χ3v) is 6.70. The second-order valence-corrected chi connectivity index (χ2v) is 8.58. The largest absolute Gasteiger partial charge is 0.494 e. The van der Waals surface area contributed by atoms with E-state index in [4.69, 9.17) is 9.84 Å². The van der Waals surface area contributed by atoms with Crippen molar-refractivity contribution >= 4 is 10.9 Å². The van der Waals surface area contributed by atoms with Crippen LogP contribution < -0.4 is 10.1 Å². The molecule has 5 rings (SSSR count). The number of aliphatic hydroxyl groups is 1. The molecule has 0 bridgehead atoms. The fourth-order valence-electron chi connectivity index (χ4n) is 5.06. The molecule has 0 amide bonds. The summed E-state index contributed by atoms with van der Waals surface area (Å²) in [5, 5.41) is 28.7. The molecule has 8 heteroatoms. The Morgan fingerprint density at radius 3 is 2.55 bits per heavy atom. The van der Waals surface area contributed by atoms with Gasteiger partial charge in [-0.05, 0) is 37.8 Å². The fraction of sp³-hybridized carbons (Fsp3) is 0.522. The third kappa shape index (κ3) is 4.15. The molecule has 0 spiro atoms. The van der Waals surface area contributed by atoms with E-state index < -0.39 is 0 Å². The van der Waals surface area contributed by atoms with Crippen molar-refractivity contribution in [1.29, 1.82) is 0 Å². The number of aromatic amines is 1. The average Bonchev–Trinajstić information content (AvgIpc) is 3.43. The van der Waals surface area contributed by atoms with Crippen molar-refractivity contribution < 1.29 is 14.9 Å². The van der Waals surface area contributed by atoms with Crippen molar-refractivity contribution in [2.24, 2.45) is 0 Å². The number of aromatic hydroxyl groups is 1. The van der Waals surface area contributed by atoms with Crippen LogP contribution in [0.25, 0.3) is 22.0 Å². The average molecular weight is 426 g/mol. The summed E-state index contributed by atoms with van der Waals surface area (Å²) in [5.74, 6) is 0.718. The van der Waals surface area contributed by atoms with E-state index in [0.29, 0.717) is 23.4 Å². The Kier molecular flexibility index (Phi) is 5.85. The topological polar surface area (TPSA) is 98.6 Å². The number of nitrogens with zero attached hydrogens (tertiary/aromatic N) is 3. The van der Waals surface area contributed by atoms with Gasteiger partial charge in [0.15, 0.2) is 5.88 Å². The van der Waals surface area contributed by atoms with Crippen LogP contribution in [-0.2, 0) is 0 Å². The number of ether oxygens (including phenoxy) is 1. The highest BCUT2D eigenvalue weighted by Gasteiger charge is 2.28. The summed E-state index contributed by atoms with van der Waals surface area (Å²) >= 11 is 0. The van der Waals surface area contributed by atoms with Gasteiger partial charge in [0.2, 0.25) is 0 Å². The molecule has 3 aromatic rings. The number of nitrogens with one attached hydrogen (secondary N) is 2. The minimum Gasteiger partial charge on any atom is -0.494 e. The van der Waals surface area contributed by atoms with Crippen LogP contribution in [0.4, 0.5) is 0 Å². The lowest BCUT2D eigenvalue weighted by Crippen LogP contribution is -2.49. The molecule has 0 atom stereocenters. The molecule has 0 unspecified atom stereocenters. The van der Waals surface area contributed by atoms with Crippen molar-refractivity contribution in [3.63, 3.8) is 0 Å². The maximum atomic E-state index is 10.2. The number of H-pyrrole nitrogens is 1. The zero-order valence-corrected chi connectivity index (χ0v) is 17.8. The first-order chi connectivity index (χ1) is 15.2. The van der Waals surface area contributed by atoms with E-state index in [2.05, 4.69) is 26.1 Å². The first-order valence-electron chi connectivity index (χ1n) is 11.3. The van der Waals surface area contributed by atoms with Gasteiger partial charge in [-0.1, -0.05) is 0 Å². The van der Waals surface area contributed by atoms with Gasteiger partial charge in [0.05, 0.1) is 18.2 Å². The summed E-state index contributed by atoms with van der Waals surface area (Å²) in [6.07, 6.45) is 8.53. The van der Waals surface area contributed by atoms with Gasteiger partial charge in [-0.2, -0.15) is 5.10 Å². The Balaban J connectivity index is 1.38. The Morgan fingerprint density at radius 1 is 1.06 bits per heavy atom. The molecule has 2 fully saturated rings. The lowest BCUT2D eigenvalue weighted by atomic mass is 9.90. The highest BCUT2D eigenvalue weighted by atomic mass is 16.5. The predicted octanol–water partition coefficient (Wildman–Crippen LogP) is 2.50. The first-order valence-corrected chi connectivity index (χ1v) is 11.3.